The second kappa shape index (κ2) is 8.37. The highest BCUT2D eigenvalue weighted by Gasteiger charge is 2.06. The minimum absolute atomic E-state index is 0.927. The van der Waals surface area contributed by atoms with Crippen LogP contribution in [0.15, 0.2) is 66.3 Å². The number of aryl methyl sites for hydroxylation is 1. The molecule has 0 bridgehead atoms. The molecule has 1 aliphatic carbocycles. The summed E-state index contributed by atoms with van der Waals surface area (Å²) in [6.07, 6.45) is 10.8. The van der Waals surface area contributed by atoms with E-state index in [9.17, 15) is 0 Å². The van der Waals surface area contributed by atoms with Crippen LogP contribution in [-0.4, -0.2) is 0 Å². The Kier molecular flexibility index (Phi) is 6.79. The Balaban J connectivity index is 0.000000956. The van der Waals surface area contributed by atoms with Gasteiger partial charge in [-0.05, 0) is 43.4 Å². The first-order valence-corrected chi connectivity index (χ1v) is 7.44. The molecule has 20 heavy (non-hydrogen) atoms. The van der Waals surface area contributed by atoms with E-state index in [-0.39, 0.29) is 0 Å². The number of hydrogen-bond acceptors (Lipinski definition) is 0. The Bertz CT molecular complexity index is 539. The fraction of sp³-hybridized carbons (Fsp3) is 0.300. The monoisotopic (exact) mass is 266 g/mol. The van der Waals surface area contributed by atoms with E-state index in [1.807, 2.05) is 13.8 Å². The minimum Gasteiger partial charge on any atom is -0.0949 e. The number of hydrogen-bond donors (Lipinski definition) is 0. The van der Waals surface area contributed by atoms with Crippen LogP contribution in [0.1, 0.15) is 44.7 Å². The average molecular weight is 266 g/mol. The third-order valence-corrected chi connectivity index (χ3v) is 3.33. The molecule has 0 fully saturated rings. The zero-order chi connectivity index (χ0) is 15.0. The Morgan fingerprint density at radius 3 is 2.65 bits per heavy atom. The maximum atomic E-state index is 4.23. The van der Waals surface area contributed by atoms with Crippen molar-refractivity contribution in [2.75, 3.05) is 0 Å². The highest BCUT2D eigenvalue weighted by Crippen LogP contribution is 2.26. The van der Waals surface area contributed by atoms with Crippen LogP contribution in [0.5, 0.6) is 0 Å². The summed E-state index contributed by atoms with van der Waals surface area (Å²) in [6.45, 7) is 12.5. The van der Waals surface area contributed by atoms with Gasteiger partial charge in [-0.15, -0.1) is 0 Å². The van der Waals surface area contributed by atoms with Crippen LogP contribution in [0.3, 0.4) is 0 Å². The molecule has 1 aromatic carbocycles. The molecule has 1 aliphatic rings. The molecule has 1 aromatic rings. The molecule has 0 aliphatic heterocycles. The quantitative estimate of drug-likeness (QED) is 0.606. The van der Waals surface area contributed by atoms with Crippen molar-refractivity contribution >= 4 is 5.57 Å². The van der Waals surface area contributed by atoms with E-state index < -0.39 is 0 Å². The van der Waals surface area contributed by atoms with Crippen LogP contribution in [0, 0.1) is 6.92 Å². The molecule has 0 saturated carbocycles. The molecule has 106 valence electrons. The number of benzene rings is 1. The van der Waals surface area contributed by atoms with Crippen molar-refractivity contribution in [3.63, 3.8) is 0 Å². The summed E-state index contributed by atoms with van der Waals surface area (Å²) in [5.74, 6) is 0. The summed E-state index contributed by atoms with van der Waals surface area (Å²) < 4.78 is 0. The second-order valence-corrected chi connectivity index (χ2v) is 4.89. The molecule has 0 heteroatoms. The normalized spacial score (nSPS) is 13.6. The Morgan fingerprint density at radius 1 is 1.20 bits per heavy atom. The predicted octanol–water partition coefficient (Wildman–Crippen LogP) is 6.26. The van der Waals surface area contributed by atoms with Crippen molar-refractivity contribution in [1.82, 2.24) is 0 Å². The summed E-state index contributed by atoms with van der Waals surface area (Å²) in [5, 5.41) is 0. The summed E-state index contributed by atoms with van der Waals surface area (Å²) in [7, 11) is 0. The molecule has 0 nitrogen and oxygen atoms in total. The van der Waals surface area contributed by atoms with Crippen molar-refractivity contribution in [1.29, 1.82) is 0 Å². The van der Waals surface area contributed by atoms with Crippen LogP contribution < -0.4 is 0 Å². The van der Waals surface area contributed by atoms with E-state index in [1.165, 1.54) is 27.8 Å². The first-order valence-electron chi connectivity index (χ1n) is 7.44. The lowest BCUT2D eigenvalue weighted by atomic mass is 9.94. The smallest absolute Gasteiger partial charge is 0.00232 e. The van der Waals surface area contributed by atoms with Crippen molar-refractivity contribution in [2.45, 2.75) is 40.5 Å². The summed E-state index contributed by atoms with van der Waals surface area (Å²) in [5.41, 5.74) is 6.46. The Labute approximate surface area is 124 Å². The molecule has 0 saturated heterocycles. The highest BCUT2D eigenvalue weighted by atomic mass is 14.1. The fourth-order valence-electron chi connectivity index (χ4n) is 2.17. The van der Waals surface area contributed by atoms with Crippen LogP contribution in [0.2, 0.25) is 0 Å². The molecule has 0 unspecified atom stereocenters. The second-order valence-electron chi connectivity index (χ2n) is 4.89. The topological polar surface area (TPSA) is 0 Å². The average Bonchev–Trinajstić information content (AvgIpc) is 2.66. The molecule has 0 amide bonds. The minimum atomic E-state index is 0.927. The zero-order valence-corrected chi connectivity index (χ0v) is 13.2. The van der Waals surface area contributed by atoms with E-state index in [0.717, 1.165) is 12.8 Å². The first kappa shape index (κ1) is 16.2. The van der Waals surface area contributed by atoms with Crippen molar-refractivity contribution in [3.8, 4) is 0 Å². The first-order chi connectivity index (χ1) is 9.66. The van der Waals surface area contributed by atoms with E-state index >= 15 is 0 Å². The number of rotatable bonds is 3. The third kappa shape index (κ3) is 4.70. The van der Waals surface area contributed by atoms with Gasteiger partial charge in [-0.3, -0.25) is 0 Å². The van der Waals surface area contributed by atoms with Gasteiger partial charge >= 0.3 is 0 Å². The van der Waals surface area contributed by atoms with E-state index in [4.69, 9.17) is 0 Å². The predicted molar refractivity (Wildman–Crippen MR) is 91.8 cm³/mol. The molecule has 0 atom stereocenters. The maximum Gasteiger partial charge on any atom is -0.00232 e. The van der Waals surface area contributed by atoms with Gasteiger partial charge in [0.1, 0.15) is 0 Å². The van der Waals surface area contributed by atoms with Gasteiger partial charge in [-0.2, -0.15) is 0 Å². The summed E-state index contributed by atoms with van der Waals surface area (Å²) in [6, 6.07) is 8.56. The molecular formula is C20H26. The molecule has 0 N–H and O–H groups in total. The lowest BCUT2D eigenvalue weighted by molar-refractivity contribution is 1.20. The van der Waals surface area contributed by atoms with Gasteiger partial charge < -0.3 is 0 Å². The standard InChI is InChI=1S/C18H20.C2H6/c1-14-8-7-11-17(12-14)16(3)13-18-10-6-4-5-9-15(18)2;1-2/h4,6-12H,3,5,13H2,1-2H3;1-2H3. The van der Waals surface area contributed by atoms with Gasteiger partial charge in [0.2, 0.25) is 0 Å². The SMILES string of the molecule is C=C(CC1=CC=CCC=C1C)c1cccc(C)c1.CC. The molecule has 0 aromatic heterocycles. The van der Waals surface area contributed by atoms with Gasteiger partial charge in [-0.1, -0.05) is 80.1 Å². The summed E-state index contributed by atoms with van der Waals surface area (Å²) >= 11 is 0. The van der Waals surface area contributed by atoms with Gasteiger partial charge in [0, 0.05) is 0 Å². The van der Waals surface area contributed by atoms with E-state index in [2.05, 4.69) is 69.0 Å². The lowest BCUT2D eigenvalue weighted by Gasteiger charge is -2.10. The van der Waals surface area contributed by atoms with Crippen molar-refractivity contribution in [3.05, 3.63) is 77.4 Å². The van der Waals surface area contributed by atoms with Crippen molar-refractivity contribution < 1.29 is 0 Å². The number of allylic oxidation sites excluding steroid dienone is 7. The highest BCUT2D eigenvalue weighted by molar-refractivity contribution is 5.67. The van der Waals surface area contributed by atoms with E-state index in [0.29, 0.717) is 0 Å². The maximum absolute atomic E-state index is 4.23. The Hall–Kier alpha value is -1.82. The molecule has 0 heterocycles. The molecule has 0 spiro atoms. The molecular weight excluding hydrogens is 240 g/mol. The Morgan fingerprint density at radius 2 is 1.95 bits per heavy atom. The van der Waals surface area contributed by atoms with Crippen LogP contribution >= 0.6 is 0 Å². The summed E-state index contributed by atoms with van der Waals surface area (Å²) in [4.78, 5) is 0. The van der Waals surface area contributed by atoms with Crippen LogP contribution in [-0.2, 0) is 0 Å². The van der Waals surface area contributed by atoms with Crippen LogP contribution in [0.25, 0.3) is 5.57 Å². The largest absolute Gasteiger partial charge is 0.0949 e. The molecule has 0 radical (unpaired) electrons. The van der Waals surface area contributed by atoms with Gasteiger partial charge in [0.25, 0.3) is 0 Å². The van der Waals surface area contributed by atoms with Gasteiger partial charge in [-0.25, -0.2) is 0 Å². The molecule has 2 rings (SSSR count). The van der Waals surface area contributed by atoms with Crippen molar-refractivity contribution in [2.24, 2.45) is 0 Å². The zero-order valence-electron chi connectivity index (χ0n) is 13.2. The fourth-order valence-corrected chi connectivity index (χ4v) is 2.17. The third-order valence-electron chi connectivity index (χ3n) is 3.33. The van der Waals surface area contributed by atoms with E-state index in [1.54, 1.807) is 0 Å². The van der Waals surface area contributed by atoms with Gasteiger partial charge in [0.05, 0.1) is 0 Å². The lowest BCUT2D eigenvalue weighted by Crippen LogP contribution is -1.90. The van der Waals surface area contributed by atoms with Gasteiger partial charge in [0.15, 0.2) is 0 Å². The van der Waals surface area contributed by atoms with Crippen LogP contribution in [0.4, 0.5) is 0 Å².